The highest BCUT2D eigenvalue weighted by Crippen LogP contribution is 2.21. The van der Waals surface area contributed by atoms with Gasteiger partial charge in [-0.1, -0.05) is 24.3 Å². The second kappa shape index (κ2) is 6.61. The topological polar surface area (TPSA) is 26.3 Å². The van der Waals surface area contributed by atoms with Crippen molar-refractivity contribution in [3.8, 4) is 5.75 Å². The van der Waals surface area contributed by atoms with Gasteiger partial charge in [0.05, 0.1) is 5.56 Å². The normalized spacial score (nSPS) is 10.7. The fourth-order valence-corrected chi connectivity index (χ4v) is 1.66. The van der Waals surface area contributed by atoms with E-state index >= 15 is 0 Å². The first-order valence-corrected chi connectivity index (χ1v) is 5.99. The van der Waals surface area contributed by atoms with Crippen molar-refractivity contribution in [3.63, 3.8) is 0 Å². The lowest BCUT2D eigenvalue weighted by Gasteiger charge is -2.06. The van der Waals surface area contributed by atoms with E-state index in [9.17, 15) is 13.6 Å². The van der Waals surface area contributed by atoms with Gasteiger partial charge in [-0.2, -0.15) is 0 Å². The quantitative estimate of drug-likeness (QED) is 0.774. The molecule has 0 bridgehead atoms. The minimum atomic E-state index is -0.579. The van der Waals surface area contributed by atoms with E-state index < -0.39 is 5.82 Å². The Hall–Kier alpha value is -2.49. The molecule has 0 fully saturated rings. The second-order valence-electron chi connectivity index (χ2n) is 4.04. The maximum absolute atomic E-state index is 13.5. The number of carbonyl (C=O) groups excluding carboxylic acids is 1. The zero-order chi connectivity index (χ0) is 14.4. The summed E-state index contributed by atoms with van der Waals surface area (Å²) in [6.07, 6.45) is 3.93. The number of halogens is 2. The van der Waals surface area contributed by atoms with Gasteiger partial charge in [0.1, 0.15) is 12.4 Å². The Balaban J connectivity index is 1.99. The molecule has 0 aliphatic heterocycles. The zero-order valence-electron chi connectivity index (χ0n) is 10.6. The Kier molecular flexibility index (Phi) is 4.60. The summed E-state index contributed by atoms with van der Waals surface area (Å²) in [5, 5.41) is 0. The third kappa shape index (κ3) is 3.51. The van der Waals surface area contributed by atoms with Gasteiger partial charge < -0.3 is 4.74 Å². The predicted molar refractivity (Wildman–Crippen MR) is 72.7 cm³/mol. The number of aldehydes is 1. The number of rotatable bonds is 5. The Labute approximate surface area is 115 Å². The van der Waals surface area contributed by atoms with Crippen molar-refractivity contribution >= 4 is 12.4 Å². The smallest absolute Gasteiger partial charge is 0.165 e. The van der Waals surface area contributed by atoms with Crippen LogP contribution in [-0.2, 0) is 0 Å². The van der Waals surface area contributed by atoms with Crippen LogP contribution in [0.3, 0.4) is 0 Å². The Morgan fingerprint density at radius 1 is 1.05 bits per heavy atom. The summed E-state index contributed by atoms with van der Waals surface area (Å²) in [6.45, 7) is 0.110. The van der Waals surface area contributed by atoms with Crippen LogP contribution in [0.5, 0.6) is 5.75 Å². The van der Waals surface area contributed by atoms with Gasteiger partial charge in [-0.15, -0.1) is 0 Å². The Bertz CT molecular complexity index is 619. The fraction of sp³-hybridized carbons (Fsp3) is 0.0625. The van der Waals surface area contributed by atoms with Crippen LogP contribution in [0.25, 0.3) is 6.08 Å². The highest BCUT2D eigenvalue weighted by molar-refractivity contribution is 5.79. The monoisotopic (exact) mass is 274 g/mol. The number of hydrogen-bond donors (Lipinski definition) is 0. The van der Waals surface area contributed by atoms with Crippen LogP contribution in [0, 0.1) is 11.6 Å². The van der Waals surface area contributed by atoms with Crippen molar-refractivity contribution in [3.05, 3.63) is 71.3 Å². The maximum Gasteiger partial charge on any atom is 0.165 e. The van der Waals surface area contributed by atoms with Crippen molar-refractivity contribution in [2.45, 2.75) is 0 Å². The summed E-state index contributed by atoms with van der Waals surface area (Å²) in [5.74, 6) is -0.948. The van der Waals surface area contributed by atoms with Crippen molar-refractivity contribution in [2.75, 3.05) is 6.61 Å². The van der Waals surface area contributed by atoms with E-state index in [-0.39, 0.29) is 23.7 Å². The summed E-state index contributed by atoms with van der Waals surface area (Å²) in [7, 11) is 0. The van der Waals surface area contributed by atoms with E-state index in [1.807, 2.05) is 0 Å². The van der Waals surface area contributed by atoms with Crippen LogP contribution in [0.4, 0.5) is 8.78 Å². The van der Waals surface area contributed by atoms with Crippen LogP contribution in [-0.4, -0.2) is 12.9 Å². The van der Waals surface area contributed by atoms with Crippen LogP contribution in [0.2, 0.25) is 0 Å². The first-order valence-electron chi connectivity index (χ1n) is 5.99. The van der Waals surface area contributed by atoms with Gasteiger partial charge in [0.25, 0.3) is 0 Å². The van der Waals surface area contributed by atoms with Crippen molar-refractivity contribution < 1.29 is 18.3 Å². The Morgan fingerprint density at radius 3 is 2.50 bits per heavy atom. The molecule has 0 atom stereocenters. The lowest BCUT2D eigenvalue weighted by molar-refractivity contribution is 0.111. The van der Waals surface area contributed by atoms with E-state index in [2.05, 4.69) is 0 Å². The van der Waals surface area contributed by atoms with Gasteiger partial charge in [-0.3, -0.25) is 4.79 Å². The second-order valence-corrected chi connectivity index (χ2v) is 4.04. The molecule has 0 heterocycles. The average Bonchev–Trinajstić information content (AvgIpc) is 2.46. The molecular formula is C16H12F2O2. The van der Waals surface area contributed by atoms with Gasteiger partial charge in [0, 0.05) is 0 Å². The van der Waals surface area contributed by atoms with Gasteiger partial charge >= 0.3 is 0 Å². The molecule has 0 aromatic heterocycles. The lowest BCUT2D eigenvalue weighted by atomic mass is 10.2. The number of benzene rings is 2. The molecular weight excluding hydrogens is 262 g/mol. The predicted octanol–water partition coefficient (Wildman–Crippen LogP) is 3.87. The molecule has 2 aromatic carbocycles. The summed E-state index contributed by atoms with van der Waals surface area (Å²) < 4.78 is 31.4. The Morgan fingerprint density at radius 2 is 1.80 bits per heavy atom. The van der Waals surface area contributed by atoms with E-state index in [4.69, 9.17) is 4.74 Å². The summed E-state index contributed by atoms with van der Waals surface area (Å²) >= 11 is 0. The summed E-state index contributed by atoms with van der Waals surface area (Å²) in [4.78, 5) is 10.8. The number of hydrogen-bond acceptors (Lipinski definition) is 2. The van der Waals surface area contributed by atoms with Gasteiger partial charge in [0.15, 0.2) is 17.9 Å². The largest absolute Gasteiger partial charge is 0.486 e. The number of carbonyl (C=O) groups is 1. The molecule has 2 nitrogen and oxygen atoms in total. The molecule has 2 aromatic rings. The van der Waals surface area contributed by atoms with Crippen molar-refractivity contribution in [1.29, 1.82) is 0 Å². The number of ether oxygens (including phenoxy) is 1. The molecule has 0 N–H and O–H groups in total. The molecule has 0 aliphatic rings. The number of para-hydroxylation sites is 1. The molecule has 0 saturated carbocycles. The third-order valence-corrected chi connectivity index (χ3v) is 2.63. The molecule has 0 radical (unpaired) electrons. The first-order chi connectivity index (χ1) is 9.70. The van der Waals surface area contributed by atoms with E-state index in [0.717, 1.165) is 5.56 Å². The van der Waals surface area contributed by atoms with E-state index in [0.29, 0.717) is 6.29 Å². The third-order valence-electron chi connectivity index (χ3n) is 2.63. The highest BCUT2D eigenvalue weighted by Gasteiger charge is 2.07. The van der Waals surface area contributed by atoms with E-state index in [1.165, 1.54) is 30.3 Å². The average molecular weight is 274 g/mol. The SMILES string of the molecule is O=Cc1cccc(F)c1OCC=Cc1ccc(F)cc1. The molecule has 0 amide bonds. The van der Waals surface area contributed by atoms with Crippen molar-refractivity contribution in [1.82, 2.24) is 0 Å². The fourth-order valence-electron chi connectivity index (χ4n) is 1.66. The van der Waals surface area contributed by atoms with Crippen molar-refractivity contribution in [2.24, 2.45) is 0 Å². The molecule has 0 saturated heterocycles. The van der Waals surface area contributed by atoms with Crippen LogP contribution in [0.1, 0.15) is 15.9 Å². The maximum atomic E-state index is 13.5. The summed E-state index contributed by atoms with van der Waals surface area (Å²) in [5.41, 5.74) is 0.972. The minimum absolute atomic E-state index is 0.0637. The van der Waals surface area contributed by atoms with Crippen LogP contribution in [0.15, 0.2) is 48.5 Å². The minimum Gasteiger partial charge on any atom is -0.486 e. The molecule has 0 unspecified atom stereocenters. The van der Waals surface area contributed by atoms with Gasteiger partial charge in [-0.25, -0.2) is 8.78 Å². The molecule has 2 rings (SSSR count). The van der Waals surface area contributed by atoms with Crippen LogP contribution >= 0.6 is 0 Å². The molecule has 20 heavy (non-hydrogen) atoms. The zero-order valence-corrected chi connectivity index (χ0v) is 10.6. The molecule has 4 heteroatoms. The molecule has 0 aliphatic carbocycles. The van der Waals surface area contributed by atoms with E-state index in [1.54, 1.807) is 24.3 Å². The first kappa shape index (κ1) is 13.9. The van der Waals surface area contributed by atoms with Gasteiger partial charge in [0.2, 0.25) is 0 Å². The molecule has 0 spiro atoms. The summed E-state index contributed by atoms with van der Waals surface area (Å²) in [6, 6.07) is 10.1. The van der Waals surface area contributed by atoms with Crippen LogP contribution < -0.4 is 4.74 Å². The molecule has 102 valence electrons. The highest BCUT2D eigenvalue weighted by atomic mass is 19.1. The standard InChI is InChI=1S/C16H12F2O2/c17-14-8-6-12(7-9-14)3-2-10-20-16-13(11-19)4-1-5-15(16)18/h1-9,11H,10H2. The lowest BCUT2D eigenvalue weighted by Crippen LogP contribution is -1.99. The van der Waals surface area contributed by atoms with Gasteiger partial charge in [-0.05, 0) is 35.9 Å².